The molecular weight excluding hydrogens is 284 g/mol. The Labute approximate surface area is 119 Å². The van der Waals surface area contributed by atoms with E-state index in [1.165, 1.54) is 6.07 Å². The van der Waals surface area contributed by atoms with Gasteiger partial charge in [-0.25, -0.2) is 0 Å². The van der Waals surface area contributed by atoms with E-state index < -0.39 is 22.3 Å². The minimum Gasteiger partial charge on any atom is -0.481 e. The van der Waals surface area contributed by atoms with Crippen LogP contribution in [0.4, 0.5) is 5.69 Å². The first-order chi connectivity index (χ1) is 9.12. The van der Waals surface area contributed by atoms with Gasteiger partial charge in [0.1, 0.15) is 0 Å². The Morgan fingerprint density at radius 2 is 2.10 bits per heavy atom. The van der Waals surface area contributed by atoms with E-state index in [1.54, 1.807) is 20.8 Å². The lowest BCUT2D eigenvalue weighted by molar-refractivity contribution is -0.385. The van der Waals surface area contributed by atoms with Crippen LogP contribution in [0.25, 0.3) is 0 Å². The van der Waals surface area contributed by atoms with Gasteiger partial charge in [0, 0.05) is 18.0 Å². The Balaban J connectivity index is 2.78. The van der Waals surface area contributed by atoms with Crippen molar-refractivity contribution >= 4 is 28.9 Å². The highest BCUT2D eigenvalue weighted by Gasteiger charge is 2.25. The number of amides is 1. The minimum atomic E-state index is -0.935. The van der Waals surface area contributed by atoms with Crippen LogP contribution in [0.2, 0.25) is 0 Å². The van der Waals surface area contributed by atoms with Crippen LogP contribution in [-0.2, 0) is 4.79 Å². The maximum atomic E-state index is 12.0. The monoisotopic (exact) mass is 300 g/mol. The molecule has 1 heterocycles. The van der Waals surface area contributed by atoms with E-state index in [9.17, 15) is 19.7 Å². The third-order valence-corrected chi connectivity index (χ3v) is 3.77. The highest BCUT2D eigenvalue weighted by Crippen LogP contribution is 2.28. The Morgan fingerprint density at radius 1 is 1.50 bits per heavy atom. The fourth-order valence-corrected chi connectivity index (χ4v) is 2.50. The zero-order valence-corrected chi connectivity index (χ0v) is 12.2. The molecule has 0 aliphatic rings. The van der Waals surface area contributed by atoms with Crippen molar-refractivity contribution in [2.45, 2.75) is 39.2 Å². The Hall–Kier alpha value is -1.96. The van der Waals surface area contributed by atoms with Gasteiger partial charge in [-0.3, -0.25) is 19.7 Å². The van der Waals surface area contributed by atoms with Crippen molar-refractivity contribution in [2.24, 2.45) is 0 Å². The van der Waals surface area contributed by atoms with Crippen molar-refractivity contribution < 1.29 is 19.6 Å². The van der Waals surface area contributed by atoms with Crippen molar-refractivity contribution in [3.05, 3.63) is 25.9 Å². The van der Waals surface area contributed by atoms with Gasteiger partial charge in [-0.05, 0) is 27.2 Å². The first kappa shape index (κ1) is 16.1. The van der Waals surface area contributed by atoms with E-state index in [2.05, 4.69) is 5.32 Å². The molecule has 0 aromatic carbocycles. The molecule has 0 spiro atoms. The highest BCUT2D eigenvalue weighted by atomic mass is 32.1. The van der Waals surface area contributed by atoms with E-state index in [-0.39, 0.29) is 23.4 Å². The normalized spacial score (nSPS) is 11.2. The Kier molecular flexibility index (Phi) is 4.83. The SMILES string of the molecule is Cc1sc(C(=O)NC(C)(C)CCC(=O)O)cc1[N+](=O)[O-]. The molecule has 1 amide bonds. The van der Waals surface area contributed by atoms with Crippen LogP contribution in [0, 0.1) is 17.0 Å². The third kappa shape index (κ3) is 4.30. The highest BCUT2D eigenvalue weighted by molar-refractivity contribution is 7.14. The molecular formula is C12H16N2O5S. The van der Waals surface area contributed by atoms with Gasteiger partial charge in [0.05, 0.1) is 14.7 Å². The minimum absolute atomic E-state index is 0.0586. The summed E-state index contributed by atoms with van der Waals surface area (Å²) in [5.74, 6) is -1.36. The van der Waals surface area contributed by atoms with Crippen LogP contribution >= 0.6 is 11.3 Å². The van der Waals surface area contributed by atoms with Crippen molar-refractivity contribution in [3.8, 4) is 0 Å². The fourth-order valence-electron chi connectivity index (χ4n) is 1.62. The molecule has 0 unspecified atom stereocenters. The largest absolute Gasteiger partial charge is 0.481 e. The first-order valence-corrected chi connectivity index (χ1v) is 6.73. The zero-order chi connectivity index (χ0) is 15.5. The van der Waals surface area contributed by atoms with Gasteiger partial charge in [0.25, 0.3) is 11.6 Å². The summed E-state index contributed by atoms with van der Waals surface area (Å²) in [6.45, 7) is 5.00. The Bertz CT molecular complexity index is 550. The van der Waals surface area contributed by atoms with Crippen LogP contribution < -0.4 is 5.32 Å². The molecule has 20 heavy (non-hydrogen) atoms. The number of aliphatic carboxylic acids is 1. The van der Waals surface area contributed by atoms with Crippen molar-refractivity contribution in [3.63, 3.8) is 0 Å². The van der Waals surface area contributed by atoms with E-state index in [0.717, 1.165) is 11.3 Å². The van der Waals surface area contributed by atoms with E-state index >= 15 is 0 Å². The van der Waals surface area contributed by atoms with E-state index in [1.807, 2.05) is 0 Å². The van der Waals surface area contributed by atoms with Crippen LogP contribution in [0.5, 0.6) is 0 Å². The molecule has 8 heteroatoms. The average Bonchev–Trinajstić information content (AvgIpc) is 2.68. The summed E-state index contributed by atoms with van der Waals surface area (Å²) in [7, 11) is 0. The molecule has 0 saturated carbocycles. The van der Waals surface area contributed by atoms with E-state index in [0.29, 0.717) is 4.88 Å². The average molecular weight is 300 g/mol. The van der Waals surface area contributed by atoms with Gasteiger partial charge < -0.3 is 10.4 Å². The first-order valence-electron chi connectivity index (χ1n) is 5.91. The summed E-state index contributed by atoms with van der Waals surface area (Å²) >= 11 is 1.05. The predicted molar refractivity (Wildman–Crippen MR) is 74.1 cm³/mol. The molecule has 2 N–H and O–H groups in total. The summed E-state index contributed by atoms with van der Waals surface area (Å²) in [6.07, 6.45) is 0.220. The topological polar surface area (TPSA) is 110 Å². The molecule has 1 rings (SSSR count). The number of nitrogens with zero attached hydrogens (tertiary/aromatic N) is 1. The molecule has 0 saturated heterocycles. The lowest BCUT2D eigenvalue weighted by Crippen LogP contribution is -2.43. The maximum Gasteiger partial charge on any atom is 0.303 e. The van der Waals surface area contributed by atoms with Gasteiger partial charge in [-0.1, -0.05) is 0 Å². The number of rotatable bonds is 6. The molecule has 0 fully saturated rings. The Morgan fingerprint density at radius 3 is 2.55 bits per heavy atom. The van der Waals surface area contributed by atoms with Crippen LogP contribution in [-0.4, -0.2) is 27.4 Å². The number of nitro groups is 1. The fraction of sp³-hybridized carbons (Fsp3) is 0.500. The molecule has 1 aromatic rings. The second kappa shape index (κ2) is 6.00. The number of hydrogen-bond acceptors (Lipinski definition) is 5. The van der Waals surface area contributed by atoms with Gasteiger partial charge in [0.15, 0.2) is 0 Å². The molecule has 1 aromatic heterocycles. The summed E-state index contributed by atoms with van der Waals surface area (Å²) in [4.78, 5) is 33.5. The molecule has 0 bridgehead atoms. The predicted octanol–water partition coefficient (Wildman–Crippen LogP) is 2.34. The molecule has 110 valence electrons. The van der Waals surface area contributed by atoms with Crippen molar-refractivity contribution in [1.82, 2.24) is 5.32 Å². The van der Waals surface area contributed by atoms with Crippen LogP contribution in [0.3, 0.4) is 0 Å². The molecule has 0 aliphatic carbocycles. The number of carbonyl (C=O) groups is 2. The number of carboxylic acids is 1. The zero-order valence-electron chi connectivity index (χ0n) is 11.4. The van der Waals surface area contributed by atoms with Gasteiger partial charge >= 0.3 is 5.97 Å². The summed E-state index contributed by atoms with van der Waals surface area (Å²) in [5.41, 5.74) is -0.772. The molecule has 7 nitrogen and oxygen atoms in total. The van der Waals surface area contributed by atoms with Crippen molar-refractivity contribution in [1.29, 1.82) is 0 Å². The molecule has 0 radical (unpaired) electrons. The van der Waals surface area contributed by atoms with Crippen LogP contribution in [0.15, 0.2) is 6.07 Å². The standard InChI is InChI=1S/C12H16N2O5S/c1-7-8(14(18)19)6-9(20-7)11(17)13-12(2,3)5-4-10(15)16/h6H,4-5H2,1-3H3,(H,13,17)(H,15,16). The lowest BCUT2D eigenvalue weighted by atomic mass is 9.98. The van der Waals surface area contributed by atoms with Crippen LogP contribution in [0.1, 0.15) is 41.2 Å². The third-order valence-electron chi connectivity index (χ3n) is 2.73. The smallest absolute Gasteiger partial charge is 0.303 e. The quantitative estimate of drug-likeness (QED) is 0.619. The summed E-state index contributed by atoms with van der Waals surface area (Å²) in [6, 6.07) is 1.24. The maximum absolute atomic E-state index is 12.0. The summed E-state index contributed by atoms with van der Waals surface area (Å²) in [5, 5.41) is 22.1. The number of nitrogens with one attached hydrogen (secondary N) is 1. The molecule has 0 atom stereocenters. The second-order valence-electron chi connectivity index (χ2n) is 5.04. The van der Waals surface area contributed by atoms with E-state index in [4.69, 9.17) is 5.11 Å². The lowest BCUT2D eigenvalue weighted by Gasteiger charge is -2.25. The van der Waals surface area contributed by atoms with Gasteiger partial charge in [-0.15, -0.1) is 11.3 Å². The number of aryl methyl sites for hydroxylation is 1. The summed E-state index contributed by atoms with van der Waals surface area (Å²) < 4.78 is 0. The number of thiophene rings is 1. The second-order valence-corrected chi connectivity index (χ2v) is 6.30. The molecule has 0 aliphatic heterocycles. The number of hydrogen-bond donors (Lipinski definition) is 2. The van der Waals surface area contributed by atoms with Gasteiger partial charge in [-0.2, -0.15) is 0 Å². The van der Waals surface area contributed by atoms with Gasteiger partial charge in [0.2, 0.25) is 0 Å². The van der Waals surface area contributed by atoms with Crippen molar-refractivity contribution in [2.75, 3.05) is 0 Å². The number of carboxylic acid groups (broad SMARTS) is 1. The number of carbonyl (C=O) groups excluding carboxylic acids is 1.